The van der Waals surface area contributed by atoms with Crippen molar-refractivity contribution in [2.45, 2.75) is 29.2 Å². The summed E-state index contributed by atoms with van der Waals surface area (Å²) in [5.41, 5.74) is 3.84. The minimum atomic E-state index is -0.129. The van der Waals surface area contributed by atoms with Crippen LogP contribution in [0.1, 0.15) is 22.7 Å². The van der Waals surface area contributed by atoms with Crippen molar-refractivity contribution in [3.8, 4) is 0 Å². The zero-order valence-corrected chi connectivity index (χ0v) is 15.1. The van der Waals surface area contributed by atoms with E-state index in [0.717, 1.165) is 38.2 Å². The van der Waals surface area contributed by atoms with Crippen molar-refractivity contribution in [2.24, 2.45) is 0 Å². The molecule has 0 amide bonds. The summed E-state index contributed by atoms with van der Waals surface area (Å²) in [4.78, 5) is 7.41. The van der Waals surface area contributed by atoms with Gasteiger partial charge in [-0.05, 0) is 55.8 Å². The summed E-state index contributed by atoms with van der Waals surface area (Å²) in [6.45, 7) is 6.39. The Morgan fingerprint density at radius 1 is 1.00 bits per heavy atom. The quantitative estimate of drug-likeness (QED) is 0.769. The van der Waals surface area contributed by atoms with Crippen LogP contribution in [-0.2, 0) is 6.42 Å². The van der Waals surface area contributed by atoms with Crippen LogP contribution >= 0.6 is 11.8 Å². The summed E-state index contributed by atoms with van der Waals surface area (Å²) in [5.74, 6) is -0.129. The van der Waals surface area contributed by atoms with Gasteiger partial charge in [-0.2, -0.15) is 0 Å². The van der Waals surface area contributed by atoms with Crippen molar-refractivity contribution in [2.75, 3.05) is 33.2 Å². The van der Waals surface area contributed by atoms with E-state index >= 15 is 0 Å². The first-order valence-electron chi connectivity index (χ1n) is 8.59. The third-order valence-corrected chi connectivity index (χ3v) is 6.37. The number of nitrogens with zero attached hydrogens (tertiary/aromatic N) is 2. The van der Waals surface area contributed by atoms with Gasteiger partial charge in [0.25, 0.3) is 0 Å². The standard InChI is InChI=1S/C20H23FN2S/c1-14-3-5-19-15(11-14)12-18(23-9-7-22(2)8-10-23)17-13-16(21)4-6-20(17)24-19/h3-6,11,13,18H,7-10,12H2,1-2H3. The molecule has 0 spiro atoms. The molecule has 0 aliphatic carbocycles. The van der Waals surface area contributed by atoms with Gasteiger partial charge in [0, 0.05) is 42.0 Å². The van der Waals surface area contributed by atoms with E-state index in [2.05, 4.69) is 42.0 Å². The van der Waals surface area contributed by atoms with Crippen LogP contribution in [0.25, 0.3) is 0 Å². The van der Waals surface area contributed by atoms with E-state index in [-0.39, 0.29) is 11.9 Å². The maximum Gasteiger partial charge on any atom is 0.123 e. The number of benzene rings is 2. The van der Waals surface area contributed by atoms with Crippen LogP contribution in [0.2, 0.25) is 0 Å². The summed E-state index contributed by atoms with van der Waals surface area (Å²) in [6.07, 6.45) is 0.962. The van der Waals surface area contributed by atoms with Crippen LogP contribution in [0.15, 0.2) is 46.2 Å². The van der Waals surface area contributed by atoms with E-state index in [1.54, 1.807) is 23.9 Å². The minimum Gasteiger partial charge on any atom is -0.304 e. The van der Waals surface area contributed by atoms with Gasteiger partial charge in [0.2, 0.25) is 0 Å². The van der Waals surface area contributed by atoms with Crippen LogP contribution in [0.3, 0.4) is 0 Å². The Morgan fingerprint density at radius 2 is 1.75 bits per heavy atom. The van der Waals surface area contributed by atoms with Gasteiger partial charge in [0.05, 0.1) is 0 Å². The van der Waals surface area contributed by atoms with E-state index in [4.69, 9.17) is 0 Å². The normalized spacial score (nSPS) is 21.9. The van der Waals surface area contributed by atoms with E-state index in [1.807, 2.05) is 6.07 Å². The molecule has 2 nitrogen and oxygen atoms in total. The molecule has 4 rings (SSSR count). The number of rotatable bonds is 1. The van der Waals surface area contributed by atoms with Crippen molar-refractivity contribution in [1.29, 1.82) is 0 Å². The van der Waals surface area contributed by atoms with Gasteiger partial charge in [-0.1, -0.05) is 29.5 Å². The van der Waals surface area contributed by atoms with Crippen LogP contribution in [-0.4, -0.2) is 43.0 Å². The molecule has 1 unspecified atom stereocenters. The highest BCUT2D eigenvalue weighted by Gasteiger charge is 2.29. The molecule has 1 saturated heterocycles. The average molecular weight is 342 g/mol. The number of piperazine rings is 1. The van der Waals surface area contributed by atoms with Crippen molar-refractivity contribution in [3.05, 3.63) is 58.9 Å². The molecule has 0 bridgehead atoms. The fraction of sp³-hybridized carbons (Fsp3) is 0.400. The van der Waals surface area contributed by atoms with Gasteiger partial charge in [-0.25, -0.2) is 4.39 Å². The molecule has 2 aromatic carbocycles. The van der Waals surface area contributed by atoms with Crippen LogP contribution in [0.5, 0.6) is 0 Å². The highest BCUT2D eigenvalue weighted by atomic mass is 32.2. The number of likely N-dealkylation sites (N-methyl/N-ethyl adjacent to an activating group) is 1. The lowest BCUT2D eigenvalue weighted by atomic mass is 9.96. The summed E-state index contributed by atoms with van der Waals surface area (Å²) in [5, 5.41) is 0. The van der Waals surface area contributed by atoms with Crippen LogP contribution in [0.4, 0.5) is 4.39 Å². The third kappa shape index (κ3) is 3.10. The Bertz CT molecular complexity index is 753. The molecule has 126 valence electrons. The highest BCUT2D eigenvalue weighted by molar-refractivity contribution is 7.99. The number of aryl methyl sites for hydroxylation is 1. The highest BCUT2D eigenvalue weighted by Crippen LogP contribution is 2.43. The third-order valence-electron chi connectivity index (χ3n) is 5.16. The minimum absolute atomic E-state index is 0.129. The van der Waals surface area contributed by atoms with Gasteiger partial charge in [0.15, 0.2) is 0 Å². The summed E-state index contributed by atoms with van der Waals surface area (Å²) in [7, 11) is 2.17. The molecular weight excluding hydrogens is 319 g/mol. The van der Waals surface area contributed by atoms with Crippen molar-refractivity contribution < 1.29 is 4.39 Å². The molecule has 1 atom stereocenters. The van der Waals surface area contributed by atoms with Crippen molar-refractivity contribution in [1.82, 2.24) is 9.80 Å². The molecule has 4 heteroatoms. The second-order valence-electron chi connectivity index (χ2n) is 6.95. The number of fused-ring (bicyclic) bond motifs is 2. The molecule has 2 aromatic rings. The molecule has 0 saturated carbocycles. The van der Waals surface area contributed by atoms with Gasteiger partial charge in [0.1, 0.15) is 5.82 Å². The Hall–Kier alpha value is -1.36. The molecule has 2 heterocycles. The van der Waals surface area contributed by atoms with E-state index in [1.165, 1.54) is 20.9 Å². The SMILES string of the molecule is Cc1ccc2c(c1)CC(N1CCN(C)CC1)c1cc(F)ccc1S2. The first-order chi connectivity index (χ1) is 11.6. The molecule has 0 aromatic heterocycles. The molecule has 1 fully saturated rings. The first kappa shape index (κ1) is 16.1. The maximum atomic E-state index is 14.0. The van der Waals surface area contributed by atoms with Gasteiger partial charge >= 0.3 is 0 Å². The van der Waals surface area contributed by atoms with Crippen LogP contribution in [0, 0.1) is 12.7 Å². The predicted molar refractivity (Wildman–Crippen MR) is 97.2 cm³/mol. The summed E-state index contributed by atoms with van der Waals surface area (Å²) in [6, 6.07) is 12.2. The topological polar surface area (TPSA) is 6.48 Å². The molecule has 2 aliphatic heterocycles. The fourth-order valence-electron chi connectivity index (χ4n) is 3.74. The van der Waals surface area contributed by atoms with Gasteiger partial charge < -0.3 is 4.90 Å². The van der Waals surface area contributed by atoms with Crippen molar-refractivity contribution >= 4 is 11.8 Å². The lowest BCUT2D eigenvalue weighted by molar-refractivity contribution is 0.109. The van der Waals surface area contributed by atoms with E-state index in [9.17, 15) is 4.39 Å². The Kier molecular flexibility index (Phi) is 4.37. The van der Waals surface area contributed by atoms with Crippen molar-refractivity contribution in [3.63, 3.8) is 0 Å². The maximum absolute atomic E-state index is 14.0. The Balaban J connectivity index is 1.77. The Labute approximate surface area is 147 Å². The molecule has 2 aliphatic rings. The second kappa shape index (κ2) is 6.51. The fourth-order valence-corrected chi connectivity index (χ4v) is 4.83. The zero-order chi connectivity index (χ0) is 16.7. The predicted octanol–water partition coefficient (Wildman–Crippen LogP) is 4.13. The molecule has 0 radical (unpaired) electrons. The van der Waals surface area contributed by atoms with E-state index in [0.29, 0.717) is 0 Å². The molecular formula is C20H23FN2S. The van der Waals surface area contributed by atoms with E-state index < -0.39 is 0 Å². The number of hydrogen-bond acceptors (Lipinski definition) is 3. The largest absolute Gasteiger partial charge is 0.304 e. The van der Waals surface area contributed by atoms with Gasteiger partial charge in [-0.15, -0.1) is 0 Å². The monoisotopic (exact) mass is 342 g/mol. The number of halogens is 1. The summed E-state index contributed by atoms with van der Waals surface area (Å²) < 4.78 is 14.0. The number of hydrogen-bond donors (Lipinski definition) is 0. The zero-order valence-electron chi connectivity index (χ0n) is 14.3. The molecule has 0 N–H and O–H groups in total. The second-order valence-corrected chi connectivity index (χ2v) is 8.04. The lowest BCUT2D eigenvalue weighted by Crippen LogP contribution is -2.46. The van der Waals surface area contributed by atoms with Gasteiger partial charge in [-0.3, -0.25) is 4.90 Å². The molecule has 24 heavy (non-hydrogen) atoms. The summed E-state index contributed by atoms with van der Waals surface area (Å²) >= 11 is 1.79. The lowest BCUT2D eigenvalue weighted by Gasteiger charge is -2.38. The average Bonchev–Trinajstić information content (AvgIpc) is 2.72. The van der Waals surface area contributed by atoms with Crippen LogP contribution < -0.4 is 0 Å². The first-order valence-corrected chi connectivity index (χ1v) is 9.41. The smallest absolute Gasteiger partial charge is 0.123 e. The Morgan fingerprint density at radius 3 is 2.54 bits per heavy atom.